The summed E-state index contributed by atoms with van der Waals surface area (Å²) in [4.78, 5) is 9.64. The van der Waals surface area contributed by atoms with Gasteiger partial charge in [0.1, 0.15) is 22.9 Å². The van der Waals surface area contributed by atoms with Crippen molar-refractivity contribution in [2.75, 3.05) is 14.2 Å². The smallest absolute Gasteiger partial charge is 0.140 e. The van der Waals surface area contributed by atoms with Crippen molar-refractivity contribution < 1.29 is 9.47 Å². The van der Waals surface area contributed by atoms with Gasteiger partial charge in [-0.25, -0.2) is 9.97 Å². The Morgan fingerprint density at radius 2 is 1.34 bits per heavy atom. The third-order valence-electron chi connectivity index (χ3n) is 4.66. The van der Waals surface area contributed by atoms with Gasteiger partial charge in [0, 0.05) is 17.2 Å². The SMILES string of the molecule is COc1cc(OC)cc(-c2nc3ccccc3nc2C#Cc2ccccc2C)c1. The predicted molar refractivity (Wildman–Crippen MR) is 115 cm³/mol. The number of nitrogens with zero attached hydrogens (tertiary/aromatic N) is 2. The number of rotatable bonds is 3. The molecule has 0 radical (unpaired) electrons. The first-order valence-corrected chi connectivity index (χ1v) is 9.26. The standard InChI is InChI=1S/C25H20N2O2/c1-17-8-4-5-9-18(17)12-13-24-25(27-23-11-7-6-10-22(23)26-24)19-14-20(28-2)16-21(15-19)29-3/h4-11,14-16H,1-3H3. The second-order valence-corrected chi connectivity index (χ2v) is 6.58. The minimum Gasteiger partial charge on any atom is -0.497 e. The minimum atomic E-state index is 0.613. The summed E-state index contributed by atoms with van der Waals surface area (Å²) in [5.41, 5.74) is 5.86. The molecule has 142 valence electrons. The lowest BCUT2D eigenvalue weighted by molar-refractivity contribution is 0.394. The Labute approximate surface area is 170 Å². The van der Waals surface area contributed by atoms with Gasteiger partial charge in [0.15, 0.2) is 0 Å². The lowest BCUT2D eigenvalue weighted by Crippen LogP contribution is -1.97. The summed E-state index contributed by atoms with van der Waals surface area (Å²) in [5.74, 6) is 7.85. The first-order valence-electron chi connectivity index (χ1n) is 9.26. The van der Waals surface area contributed by atoms with Crippen molar-refractivity contribution in [2.45, 2.75) is 6.92 Å². The van der Waals surface area contributed by atoms with Gasteiger partial charge >= 0.3 is 0 Å². The van der Waals surface area contributed by atoms with Crippen LogP contribution in [0.3, 0.4) is 0 Å². The molecule has 0 bridgehead atoms. The summed E-state index contributed by atoms with van der Waals surface area (Å²) in [6, 6.07) is 21.5. The van der Waals surface area contributed by atoms with Crippen molar-refractivity contribution in [1.82, 2.24) is 9.97 Å². The van der Waals surface area contributed by atoms with Crippen molar-refractivity contribution in [3.8, 4) is 34.6 Å². The van der Waals surface area contributed by atoms with Gasteiger partial charge in [0.05, 0.1) is 25.3 Å². The molecule has 0 aliphatic rings. The van der Waals surface area contributed by atoms with Gasteiger partial charge in [-0.2, -0.15) is 0 Å². The van der Waals surface area contributed by atoms with Crippen LogP contribution in [0.2, 0.25) is 0 Å². The van der Waals surface area contributed by atoms with Crippen molar-refractivity contribution >= 4 is 11.0 Å². The van der Waals surface area contributed by atoms with Crippen LogP contribution >= 0.6 is 0 Å². The van der Waals surface area contributed by atoms with Crippen LogP contribution in [-0.2, 0) is 0 Å². The van der Waals surface area contributed by atoms with Crippen LogP contribution in [0.1, 0.15) is 16.8 Å². The zero-order valence-corrected chi connectivity index (χ0v) is 16.6. The van der Waals surface area contributed by atoms with Crippen molar-refractivity contribution in [3.63, 3.8) is 0 Å². The van der Waals surface area contributed by atoms with Gasteiger partial charge in [0.2, 0.25) is 0 Å². The second kappa shape index (κ2) is 8.04. The zero-order valence-electron chi connectivity index (χ0n) is 16.6. The Balaban J connectivity index is 1.94. The van der Waals surface area contributed by atoms with Crippen LogP contribution in [0.5, 0.6) is 11.5 Å². The second-order valence-electron chi connectivity index (χ2n) is 6.58. The van der Waals surface area contributed by atoms with E-state index in [0.29, 0.717) is 22.9 Å². The van der Waals surface area contributed by atoms with E-state index in [1.807, 2.05) is 73.7 Å². The summed E-state index contributed by atoms with van der Waals surface area (Å²) in [7, 11) is 3.26. The third-order valence-corrected chi connectivity index (χ3v) is 4.66. The third kappa shape index (κ3) is 3.90. The van der Waals surface area contributed by atoms with Crippen LogP contribution in [0.25, 0.3) is 22.3 Å². The number of aryl methyl sites for hydroxylation is 1. The van der Waals surface area contributed by atoms with Gasteiger partial charge in [-0.05, 0) is 48.7 Å². The minimum absolute atomic E-state index is 0.613. The number of hydrogen-bond donors (Lipinski definition) is 0. The molecule has 0 fully saturated rings. The maximum Gasteiger partial charge on any atom is 0.140 e. The molecule has 0 unspecified atom stereocenters. The van der Waals surface area contributed by atoms with Crippen LogP contribution < -0.4 is 9.47 Å². The van der Waals surface area contributed by atoms with Crippen molar-refractivity contribution in [1.29, 1.82) is 0 Å². The number of hydrogen-bond acceptors (Lipinski definition) is 4. The fourth-order valence-corrected chi connectivity index (χ4v) is 3.07. The molecule has 1 heterocycles. The van der Waals surface area contributed by atoms with E-state index in [1.54, 1.807) is 14.2 Å². The van der Waals surface area contributed by atoms with Gasteiger partial charge in [-0.1, -0.05) is 36.3 Å². The highest BCUT2D eigenvalue weighted by atomic mass is 16.5. The fourth-order valence-electron chi connectivity index (χ4n) is 3.07. The van der Waals surface area contributed by atoms with Crippen molar-refractivity contribution in [3.05, 3.63) is 83.6 Å². The number of methoxy groups -OCH3 is 2. The molecular weight excluding hydrogens is 360 g/mol. The van der Waals surface area contributed by atoms with Crippen LogP contribution in [0.4, 0.5) is 0 Å². The maximum absolute atomic E-state index is 5.43. The molecular formula is C25H20N2O2. The molecule has 0 aliphatic carbocycles. The molecule has 0 N–H and O–H groups in total. The van der Waals surface area contributed by atoms with E-state index in [4.69, 9.17) is 19.4 Å². The van der Waals surface area contributed by atoms with Gasteiger partial charge in [-0.3, -0.25) is 0 Å². The molecule has 4 heteroatoms. The first-order chi connectivity index (χ1) is 14.2. The largest absolute Gasteiger partial charge is 0.497 e. The number of benzene rings is 3. The molecule has 0 saturated carbocycles. The van der Waals surface area contributed by atoms with E-state index in [2.05, 4.69) is 11.8 Å². The lowest BCUT2D eigenvalue weighted by atomic mass is 10.1. The Morgan fingerprint density at radius 3 is 2.00 bits per heavy atom. The average Bonchev–Trinajstić information content (AvgIpc) is 2.77. The number of ether oxygens (including phenoxy) is 2. The van der Waals surface area contributed by atoms with E-state index in [9.17, 15) is 0 Å². The zero-order chi connectivity index (χ0) is 20.2. The van der Waals surface area contributed by atoms with Gasteiger partial charge in [-0.15, -0.1) is 0 Å². The normalized spacial score (nSPS) is 10.3. The summed E-state index contributed by atoms with van der Waals surface area (Å²) in [5, 5.41) is 0. The first kappa shape index (κ1) is 18.5. The topological polar surface area (TPSA) is 44.2 Å². The van der Waals surface area contributed by atoms with E-state index >= 15 is 0 Å². The van der Waals surface area contributed by atoms with Crippen LogP contribution in [-0.4, -0.2) is 24.2 Å². The fraction of sp³-hybridized carbons (Fsp3) is 0.120. The highest BCUT2D eigenvalue weighted by molar-refractivity contribution is 5.80. The average molecular weight is 380 g/mol. The monoisotopic (exact) mass is 380 g/mol. The van der Waals surface area contributed by atoms with Crippen LogP contribution in [0.15, 0.2) is 66.7 Å². The molecule has 0 aliphatic heterocycles. The molecule has 1 aromatic heterocycles. The summed E-state index contributed by atoms with van der Waals surface area (Å²) >= 11 is 0. The number of aromatic nitrogens is 2. The number of para-hydroxylation sites is 2. The van der Waals surface area contributed by atoms with Crippen molar-refractivity contribution in [2.24, 2.45) is 0 Å². The number of fused-ring (bicyclic) bond motifs is 1. The Bertz CT molecular complexity index is 1230. The van der Waals surface area contributed by atoms with E-state index in [-0.39, 0.29) is 0 Å². The Hall–Kier alpha value is -3.84. The molecule has 4 aromatic rings. The molecule has 3 aromatic carbocycles. The maximum atomic E-state index is 5.43. The Kier molecular flexibility index (Phi) is 5.13. The molecule has 0 saturated heterocycles. The van der Waals surface area contributed by atoms with E-state index < -0.39 is 0 Å². The summed E-state index contributed by atoms with van der Waals surface area (Å²) < 4.78 is 10.9. The van der Waals surface area contributed by atoms with Crippen LogP contribution in [0, 0.1) is 18.8 Å². The Morgan fingerprint density at radius 1 is 0.724 bits per heavy atom. The molecule has 0 spiro atoms. The molecule has 4 nitrogen and oxygen atoms in total. The van der Waals surface area contributed by atoms with Gasteiger partial charge in [0.25, 0.3) is 0 Å². The highest BCUT2D eigenvalue weighted by Crippen LogP contribution is 2.31. The summed E-state index contributed by atoms with van der Waals surface area (Å²) in [6.45, 7) is 2.05. The summed E-state index contributed by atoms with van der Waals surface area (Å²) in [6.07, 6.45) is 0. The highest BCUT2D eigenvalue weighted by Gasteiger charge is 2.12. The predicted octanol–water partition coefficient (Wildman–Crippen LogP) is 5.02. The lowest BCUT2D eigenvalue weighted by Gasteiger charge is -2.10. The molecule has 0 atom stereocenters. The molecule has 29 heavy (non-hydrogen) atoms. The quantitative estimate of drug-likeness (QED) is 0.468. The van der Waals surface area contributed by atoms with E-state index in [0.717, 1.165) is 27.7 Å². The molecule has 4 rings (SSSR count). The van der Waals surface area contributed by atoms with Gasteiger partial charge < -0.3 is 9.47 Å². The molecule has 0 amide bonds. The van der Waals surface area contributed by atoms with E-state index in [1.165, 1.54) is 0 Å².